The first-order chi connectivity index (χ1) is 14.7. The fourth-order valence-electron chi connectivity index (χ4n) is 2.77. The van der Waals surface area contributed by atoms with E-state index in [1.165, 1.54) is 23.9 Å². The lowest BCUT2D eigenvalue weighted by atomic mass is 10.2. The molecule has 0 unspecified atom stereocenters. The molecule has 8 nitrogen and oxygen atoms in total. The minimum Gasteiger partial charge on any atom is -0.435 e. The molecule has 0 aliphatic heterocycles. The average Bonchev–Trinajstić information content (AvgIpc) is 3.06. The van der Waals surface area contributed by atoms with Gasteiger partial charge < -0.3 is 19.9 Å². The molecule has 0 aliphatic rings. The number of carbonyl (C=O) groups excluding carboxylic acids is 2. The van der Waals surface area contributed by atoms with E-state index in [1.54, 1.807) is 24.1 Å². The number of halogens is 2. The van der Waals surface area contributed by atoms with E-state index >= 15 is 0 Å². The molecule has 2 rings (SSSR count). The molecule has 0 spiro atoms. The lowest BCUT2D eigenvalue weighted by Gasteiger charge is -2.18. The van der Waals surface area contributed by atoms with Gasteiger partial charge in [0, 0.05) is 33.0 Å². The van der Waals surface area contributed by atoms with Crippen LogP contribution in [0.1, 0.15) is 31.7 Å². The van der Waals surface area contributed by atoms with E-state index in [0.29, 0.717) is 36.4 Å². The quantitative estimate of drug-likeness (QED) is 0.494. The molecule has 2 aromatic rings. The topological polar surface area (TPSA) is 103 Å². The Bertz CT molecular complexity index is 874. The highest BCUT2D eigenvalue weighted by molar-refractivity contribution is 7.99. The maximum absolute atomic E-state index is 12.6. The summed E-state index contributed by atoms with van der Waals surface area (Å²) in [5.74, 6) is 0.712. The Kier molecular flexibility index (Phi) is 9.22. The summed E-state index contributed by atoms with van der Waals surface area (Å²) in [7, 11) is 1.67. The molecule has 170 valence electrons. The van der Waals surface area contributed by atoms with Crippen LogP contribution in [0.4, 0.5) is 8.78 Å². The molecule has 0 atom stereocenters. The van der Waals surface area contributed by atoms with E-state index in [4.69, 9.17) is 5.73 Å². The molecule has 1 heterocycles. The van der Waals surface area contributed by atoms with Gasteiger partial charge in [-0.25, -0.2) is 0 Å². The standard InChI is InChI=1S/C20H27F2N5O3S/c1-13(2)10-27-17(9-8-16(23)28)24-25-20(27)31-12-18(29)26(3)11-14-4-6-15(7-5-14)30-19(21)22/h4-7,13,19H,8-12H2,1-3H3,(H2,23,28). The fourth-order valence-corrected chi connectivity index (χ4v) is 3.68. The Labute approximate surface area is 184 Å². The molecule has 0 saturated heterocycles. The van der Waals surface area contributed by atoms with Crippen molar-refractivity contribution < 1.29 is 23.1 Å². The van der Waals surface area contributed by atoms with Gasteiger partial charge in [0.15, 0.2) is 5.16 Å². The van der Waals surface area contributed by atoms with Crippen molar-refractivity contribution in [1.29, 1.82) is 0 Å². The number of carbonyl (C=O) groups is 2. The third-order valence-electron chi connectivity index (χ3n) is 4.25. The zero-order valence-electron chi connectivity index (χ0n) is 17.8. The van der Waals surface area contributed by atoms with Gasteiger partial charge in [-0.2, -0.15) is 8.78 Å². The van der Waals surface area contributed by atoms with E-state index in [9.17, 15) is 18.4 Å². The van der Waals surface area contributed by atoms with Crippen molar-refractivity contribution in [2.24, 2.45) is 11.7 Å². The van der Waals surface area contributed by atoms with Crippen LogP contribution >= 0.6 is 11.8 Å². The second-order valence-corrected chi connectivity index (χ2v) is 8.37. The summed E-state index contributed by atoms with van der Waals surface area (Å²) in [6.45, 7) is 2.24. The summed E-state index contributed by atoms with van der Waals surface area (Å²) in [5.41, 5.74) is 6.02. The zero-order chi connectivity index (χ0) is 23.0. The van der Waals surface area contributed by atoms with Gasteiger partial charge in [-0.05, 0) is 23.6 Å². The highest BCUT2D eigenvalue weighted by Gasteiger charge is 2.17. The number of thioether (sulfide) groups is 1. The van der Waals surface area contributed by atoms with Gasteiger partial charge in [-0.1, -0.05) is 37.7 Å². The third kappa shape index (κ3) is 8.16. The van der Waals surface area contributed by atoms with Gasteiger partial charge in [0.25, 0.3) is 0 Å². The molecule has 0 saturated carbocycles. The van der Waals surface area contributed by atoms with Gasteiger partial charge in [-0.15, -0.1) is 10.2 Å². The van der Waals surface area contributed by atoms with Gasteiger partial charge in [0.2, 0.25) is 11.8 Å². The summed E-state index contributed by atoms with van der Waals surface area (Å²) in [6.07, 6.45) is 0.582. The van der Waals surface area contributed by atoms with Gasteiger partial charge in [0.1, 0.15) is 11.6 Å². The zero-order valence-corrected chi connectivity index (χ0v) is 18.6. The van der Waals surface area contributed by atoms with Gasteiger partial charge in [-0.3, -0.25) is 9.59 Å². The van der Waals surface area contributed by atoms with E-state index < -0.39 is 12.5 Å². The van der Waals surface area contributed by atoms with Crippen LogP contribution in [0.15, 0.2) is 29.4 Å². The predicted octanol–water partition coefficient (Wildman–Crippen LogP) is 2.70. The lowest BCUT2D eigenvalue weighted by Crippen LogP contribution is -2.28. The summed E-state index contributed by atoms with van der Waals surface area (Å²) < 4.78 is 30.7. The van der Waals surface area contributed by atoms with Gasteiger partial charge in [0.05, 0.1) is 5.75 Å². The number of alkyl halides is 2. The van der Waals surface area contributed by atoms with Crippen LogP contribution in [0.2, 0.25) is 0 Å². The third-order valence-corrected chi connectivity index (χ3v) is 5.21. The van der Waals surface area contributed by atoms with Crippen molar-refractivity contribution in [3.63, 3.8) is 0 Å². The van der Waals surface area contributed by atoms with Crippen LogP contribution in [0, 0.1) is 5.92 Å². The number of hydrogen-bond donors (Lipinski definition) is 1. The maximum atomic E-state index is 12.6. The molecular formula is C20H27F2N5O3S. The largest absolute Gasteiger partial charge is 0.435 e. The average molecular weight is 456 g/mol. The van der Waals surface area contributed by atoms with Crippen LogP contribution in [0.3, 0.4) is 0 Å². The first-order valence-corrected chi connectivity index (χ1v) is 10.7. The molecule has 0 radical (unpaired) electrons. The number of nitrogens with zero attached hydrogens (tertiary/aromatic N) is 4. The molecule has 1 aromatic heterocycles. The predicted molar refractivity (Wildman–Crippen MR) is 113 cm³/mol. The van der Waals surface area contributed by atoms with Crippen molar-refractivity contribution in [1.82, 2.24) is 19.7 Å². The van der Waals surface area contributed by atoms with Gasteiger partial charge >= 0.3 is 6.61 Å². The van der Waals surface area contributed by atoms with Crippen LogP contribution < -0.4 is 10.5 Å². The molecule has 1 aromatic carbocycles. The van der Waals surface area contributed by atoms with E-state index in [0.717, 1.165) is 5.56 Å². The number of aromatic nitrogens is 3. The second kappa shape index (κ2) is 11.6. The Morgan fingerprint density at radius 1 is 1.23 bits per heavy atom. The summed E-state index contributed by atoms with van der Waals surface area (Å²) >= 11 is 1.28. The molecule has 11 heteroatoms. The van der Waals surface area contributed by atoms with Crippen LogP contribution in [0.5, 0.6) is 5.75 Å². The first-order valence-electron chi connectivity index (χ1n) is 9.76. The summed E-state index contributed by atoms with van der Waals surface area (Å²) in [5, 5.41) is 8.94. The number of amides is 2. The van der Waals surface area contributed by atoms with Crippen molar-refractivity contribution in [2.45, 2.75) is 51.5 Å². The fraction of sp³-hybridized carbons (Fsp3) is 0.500. The Hall–Kier alpha value is -2.69. The number of primary amides is 1. The number of hydrogen-bond acceptors (Lipinski definition) is 6. The van der Waals surface area contributed by atoms with Crippen LogP contribution in [0.25, 0.3) is 0 Å². The Balaban J connectivity index is 1.95. The minimum atomic E-state index is -2.87. The monoisotopic (exact) mass is 455 g/mol. The molecule has 2 amide bonds. The highest BCUT2D eigenvalue weighted by Crippen LogP contribution is 2.21. The molecule has 0 aliphatic carbocycles. The molecular weight excluding hydrogens is 428 g/mol. The first kappa shape index (κ1) is 24.6. The van der Waals surface area contributed by atoms with Crippen molar-refractivity contribution in [3.8, 4) is 5.75 Å². The minimum absolute atomic E-state index is 0.0694. The molecule has 0 fully saturated rings. The SMILES string of the molecule is CC(C)Cn1c(CCC(N)=O)nnc1SCC(=O)N(C)Cc1ccc(OC(F)F)cc1. The lowest BCUT2D eigenvalue weighted by molar-refractivity contribution is -0.127. The van der Waals surface area contributed by atoms with E-state index in [-0.39, 0.29) is 23.8 Å². The van der Waals surface area contributed by atoms with E-state index in [2.05, 4.69) is 28.8 Å². The Morgan fingerprint density at radius 2 is 1.90 bits per heavy atom. The van der Waals surface area contributed by atoms with Crippen LogP contribution in [-0.4, -0.2) is 50.9 Å². The number of nitrogens with two attached hydrogens (primary N) is 1. The van der Waals surface area contributed by atoms with Crippen molar-refractivity contribution in [2.75, 3.05) is 12.8 Å². The Morgan fingerprint density at radius 3 is 2.48 bits per heavy atom. The highest BCUT2D eigenvalue weighted by atomic mass is 32.2. The number of aryl methyl sites for hydroxylation is 1. The molecule has 0 bridgehead atoms. The van der Waals surface area contributed by atoms with E-state index in [1.807, 2.05) is 4.57 Å². The van der Waals surface area contributed by atoms with Crippen molar-refractivity contribution >= 4 is 23.6 Å². The number of ether oxygens (including phenoxy) is 1. The summed E-state index contributed by atoms with van der Waals surface area (Å²) in [6, 6.07) is 6.16. The van der Waals surface area contributed by atoms with Crippen LogP contribution in [-0.2, 0) is 29.1 Å². The molecule has 31 heavy (non-hydrogen) atoms. The normalized spacial score (nSPS) is 11.2. The summed E-state index contributed by atoms with van der Waals surface area (Å²) in [4.78, 5) is 25.2. The number of rotatable bonds is 12. The molecule has 2 N–H and O–H groups in total. The second-order valence-electron chi connectivity index (χ2n) is 7.43. The number of benzene rings is 1. The smallest absolute Gasteiger partial charge is 0.387 e. The van der Waals surface area contributed by atoms with Crippen molar-refractivity contribution in [3.05, 3.63) is 35.7 Å². The maximum Gasteiger partial charge on any atom is 0.387 e.